The molecule has 2 amide bonds. The average Bonchev–Trinajstić information content (AvgIpc) is 2.90. The van der Waals surface area contributed by atoms with E-state index in [-0.39, 0.29) is 18.2 Å². The Morgan fingerprint density at radius 3 is 2.44 bits per heavy atom. The molecule has 0 aromatic heterocycles. The van der Waals surface area contributed by atoms with Crippen LogP contribution in [0.2, 0.25) is 0 Å². The van der Waals surface area contributed by atoms with E-state index in [1.165, 1.54) is 4.90 Å². The summed E-state index contributed by atoms with van der Waals surface area (Å²) in [5, 5.41) is 3.20. The first-order chi connectivity index (χ1) is 12.1. The first-order valence-electron chi connectivity index (χ1n) is 8.07. The smallest absolute Gasteiger partial charge is 0.251 e. The summed E-state index contributed by atoms with van der Waals surface area (Å²) in [6, 6.07) is 14.5. The number of ether oxygens (including phenoxy) is 1. The highest BCUT2D eigenvalue weighted by Crippen LogP contribution is 2.24. The van der Waals surface area contributed by atoms with Crippen molar-refractivity contribution in [2.45, 2.75) is 18.9 Å². The van der Waals surface area contributed by atoms with Crippen LogP contribution in [0.5, 0.6) is 5.75 Å². The normalized spacial score (nSPS) is 17.2. The van der Waals surface area contributed by atoms with Gasteiger partial charge in [-0.1, -0.05) is 28.1 Å². The van der Waals surface area contributed by atoms with Gasteiger partial charge < -0.3 is 10.1 Å². The van der Waals surface area contributed by atoms with Crippen LogP contribution in [0.15, 0.2) is 53.0 Å². The van der Waals surface area contributed by atoms with Crippen LogP contribution in [-0.4, -0.2) is 31.5 Å². The number of nitrogens with zero attached hydrogens (tertiary/aromatic N) is 1. The van der Waals surface area contributed by atoms with Gasteiger partial charge in [0.15, 0.2) is 0 Å². The molecule has 0 bridgehead atoms. The number of anilines is 1. The maximum Gasteiger partial charge on any atom is 0.251 e. The zero-order valence-corrected chi connectivity index (χ0v) is 15.5. The van der Waals surface area contributed by atoms with Gasteiger partial charge in [0.25, 0.3) is 5.91 Å². The quantitative estimate of drug-likeness (QED) is 0.754. The molecule has 1 saturated heterocycles. The molecule has 0 aliphatic carbocycles. The molecule has 0 spiro atoms. The van der Waals surface area contributed by atoms with E-state index < -0.39 is 6.04 Å². The molecule has 1 aliphatic rings. The molecule has 25 heavy (non-hydrogen) atoms. The minimum Gasteiger partial charge on any atom is -0.497 e. The van der Waals surface area contributed by atoms with E-state index in [1.807, 2.05) is 36.4 Å². The molecule has 1 heterocycles. The molecule has 3 rings (SSSR count). The molecule has 0 radical (unpaired) electrons. The Balaban J connectivity index is 1.57. The summed E-state index contributed by atoms with van der Waals surface area (Å²) < 4.78 is 6.04. The molecule has 2 aromatic rings. The second-order valence-electron chi connectivity index (χ2n) is 5.85. The number of hydrogen-bond donors (Lipinski definition) is 1. The third-order valence-corrected chi connectivity index (χ3v) is 4.72. The van der Waals surface area contributed by atoms with Crippen molar-refractivity contribution in [3.05, 3.63) is 58.6 Å². The average molecular weight is 403 g/mol. The van der Waals surface area contributed by atoms with E-state index in [9.17, 15) is 9.59 Å². The lowest BCUT2D eigenvalue weighted by Gasteiger charge is -2.15. The second kappa shape index (κ2) is 7.80. The molecule has 1 fully saturated rings. The van der Waals surface area contributed by atoms with E-state index in [0.29, 0.717) is 12.2 Å². The molecule has 5 nitrogen and oxygen atoms in total. The van der Waals surface area contributed by atoms with Crippen LogP contribution < -0.4 is 15.0 Å². The van der Waals surface area contributed by atoms with Gasteiger partial charge in [-0.2, -0.15) is 0 Å². The molecule has 2 aromatic carbocycles. The predicted molar refractivity (Wildman–Crippen MR) is 99.7 cm³/mol. The number of carbonyl (C=O) groups excluding carboxylic acids is 2. The number of carbonyl (C=O) groups is 2. The zero-order chi connectivity index (χ0) is 17.8. The number of methoxy groups -OCH3 is 1. The van der Waals surface area contributed by atoms with Gasteiger partial charge in [-0.25, -0.2) is 4.90 Å². The fourth-order valence-electron chi connectivity index (χ4n) is 2.84. The summed E-state index contributed by atoms with van der Waals surface area (Å²) in [5.41, 5.74) is 1.76. The number of imide groups is 1. The largest absolute Gasteiger partial charge is 0.497 e. The van der Waals surface area contributed by atoms with Crippen LogP contribution in [0.25, 0.3) is 0 Å². The molecular formula is C19H19BrN2O3. The summed E-state index contributed by atoms with van der Waals surface area (Å²) in [6.45, 7) is 0.629. The van der Waals surface area contributed by atoms with E-state index in [4.69, 9.17) is 4.74 Å². The van der Waals surface area contributed by atoms with Crippen molar-refractivity contribution >= 4 is 33.4 Å². The Kier molecular flexibility index (Phi) is 5.50. The predicted octanol–water partition coefficient (Wildman–Crippen LogP) is 2.92. The lowest BCUT2D eigenvalue weighted by atomic mass is 10.1. The van der Waals surface area contributed by atoms with Gasteiger partial charge in [0.2, 0.25) is 5.91 Å². The Morgan fingerprint density at radius 2 is 1.80 bits per heavy atom. The molecule has 1 aliphatic heterocycles. The maximum absolute atomic E-state index is 12.5. The topological polar surface area (TPSA) is 58.6 Å². The lowest BCUT2D eigenvalue weighted by molar-refractivity contribution is -0.121. The van der Waals surface area contributed by atoms with E-state index in [0.717, 1.165) is 22.2 Å². The van der Waals surface area contributed by atoms with Gasteiger partial charge in [0.05, 0.1) is 25.3 Å². The first-order valence-corrected chi connectivity index (χ1v) is 8.86. The van der Waals surface area contributed by atoms with Crippen molar-refractivity contribution in [1.82, 2.24) is 5.32 Å². The van der Waals surface area contributed by atoms with Crippen LogP contribution in [0.3, 0.4) is 0 Å². The summed E-state index contributed by atoms with van der Waals surface area (Å²) in [4.78, 5) is 26.0. The molecule has 1 atom stereocenters. The summed E-state index contributed by atoms with van der Waals surface area (Å²) >= 11 is 3.35. The van der Waals surface area contributed by atoms with E-state index in [2.05, 4.69) is 21.2 Å². The van der Waals surface area contributed by atoms with E-state index in [1.54, 1.807) is 19.2 Å². The number of nitrogens with one attached hydrogen (secondary N) is 1. The number of rotatable bonds is 6. The molecule has 1 N–H and O–H groups in total. The van der Waals surface area contributed by atoms with Gasteiger partial charge in [-0.15, -0.1) is 0 Å². The minimum atomic E-state index is -0.464. The lowest BCUT2D eigenvalue weighted by Crippen LogP contribution is -2.39. The zero-order valence-electron chi connectivity index (χ0n) is 13.9. The van der Waals surface area contributed by atoms with Crippen LogP contribution in [0.4, 0.5) is 5.69 Å². The monoisotopic (exact) mass is 402 g/mol. The standard InChI is InChI=1S/C19H19BrN2O3/c1-25-16-8-2-13(3-9-16)10-11-21-17-12-18(23)22(19(17)24)15-6-4-14(20)5-7-15/h2-9,17,21H,10-12H2,1H3. The molecule has 1 unspecified atom stereocenters. The number of halogens is 1. The summed E-state index contributed by atoms with van der Waals surface area (Å²) in [6.07, 6.45) is 0.970. The van der Waals surface area contributed by atoms with Crippen molar-refractivity contribution in [2.24, 2.45) is 0 Å². The fourth-order valence-corrected chi connectivity index (χ4v) is 3.10. The number of benzene rings is 2. The summed E-state index contributed by atoms with van der Waals surface area (Å²) in [5.74, 6) is 0.453. The van der Waals surface area contributed by atoms with Crippen LogP contribution in [0, 0.1) is 0 Å². The number of amides is 2. The van der Waals surface area contributed by atoms with Gasteiger partial charge in [0.1, 0.15) is 5.75 Å². The first kappa shape index (κ1) is 17.6. The third kappa shape index (κ3) is 4.08. The molecular weight excluding hydrogens is 384 g/mol. The van der Waals surface area contributed by atoms with Crippen LogP contribution in [0.1, 0.15) is 12.0 Å². The highest BCUT2D eigenvalue weighted by molar-refractivity contribution is 9.10. The van der Waals surface area contributed by atoms with Crippen molar-refractivity contribution < 1.29 is 14.3 Å². The van der Waals surface area contributed by atoms with Crippen molar-refractivity contribution in [2.75, 3.05) is 18.6 Å². The Bertz CT molecular complexity index is 759. The molecule has 0 saturated carbocycles. The van der Waals surface area contributed by atoms with Crippen molar-refractivity contribution in [3.8, 4) is 5.75 Å². The van der Waals surface area contributed by atoms with Crippen molar-refractivity contribution in [1.29, 1.82) is 0 Å². The van der Waals surface area contributed by atoms with Crippen molar-refractivity contribution in [3.63, 3.8) is 0 Å². The van der Waals surface area contributed by atoms with E-state index >= 15 is 0 Å². The SMILES string of the molecule is COc1ccc(CCNC2CC(=O)N(c3ccc(Br)cc3)C2=O)cc1. The molecule has 130 valence electrons. The van der Waals surface area contributed by atoms with Crippen LogP contribution in [-0.2, 0) is 16.0 Å². The Labute approximate surface area is 155 Å². The Hall–Kier alpha value is -2.18. The van der Waals surface area contributed by atoms with Gasteiger partial charge >= 0.3 is 0 Å². The minimum absolute atomic E-state index is 0.172. The number of hydrogen-bond acceptors (Lipinski definition) is 4. The Morgan fingerprint density at radius 1 is 1.12 bits per heavy atom. The van der Waals surface area contributed by atoms with Gasteiger partial charge in [-0.05, 0) is 54.9 Å². The maximum atomic E-state index is 12.5. The fraction of sp³-hybridized carbons (Fsp3) is 0.263. The summed E-state index contributed by atoms with van der Waals surface area (Å²) in [7, 11) is 1.64. The van der Waals surface area contributed by atoms with Crippen LogP contribution >= 0.6 is 15.9 Å². The van der Waals surface area contributed by atoms with Gasteiger partial charge in [0, 0.05) is 4.47 Å². The highest BCUT2D eigenvalue weighted by Gasteiger charge is 2.39. The second-order valence-corrected chi connectivity index (χ2v) is 6.77. The molecule has 6 heteroatoms. The van der Waals surface area contributed by atoms with Gasteiger partial charge in [-0.3, -0.25) is 9.59 Å². The highest BCUT2D eigenvalue weighted by atomic mass is 79.9. The third-order valence-electron chi connectivity index (χ3n) is 4.19.